The zero-order valence-electron chi connectivity index (χ0n) is 16.4. The number of hydrogen-bond acceptors (Lipinski definition) is 6. The number of benzene rings is 2. The standard InChI is InChI=1S/C22H17BrFNO5S/c1-3-9-30-20-17(23)11-14(12-18(20)28-2)13-19-21(26)25(22(27)31-19)8-10-29-16-6-4-15(24)5-7-16/h1,4-7,11-13H,8-10H2,2H3/b19-13-. The second-order valence-electron chi connectivity index (χ2n) is 6.16. The maximum Gasteiger partial charge on any atom is 0.293 e. The molecule has 1 fully saturated rings. The lowest BCUT2D eigenvalue weighted by Gasteiger charge is -2.13. The van der Waals surface area contributed by atoms with Gasteiger partial charge in [-0.2, -0.15) is 0 Å². The van der Waals surface area contributed by atoms with Crippen molar-refractivity contribution in [3.63, 3.8) is 0 Å². The fraction of sp³-hybridized carbons (Fsp3) is 0.182. The van der Waals surface area contributed by atoms with Gasteiger partial charge in [-0.05, 0) is 75.7 Å². The fourth-order valence-electron chi connectivity index (χ4n) is 2.71. The van der Waals surface area contributed by atoms with Crippen LogP contribution in [0.15, 0.2) is 45.8 Å². The van der Waals surface area contributed by atoms with Gasteiger partial charge in [0.15, 0.2) is 11.5 Å². The van der Waals surface area contributed by atoms with Crippen molar-refractivity contribution in [3.8, 4) is 29.6 Å². The molecule has 160 valence electrons. The minimum absolute atomic E-state index is 0.0747. The minimum atomic E-state index is -0.416. The van der Waals surface area contributed by atoms with Gasteiger partial charge in [0, 0.05) is 0 Å². The largest absolute Gasteiger partial charge is 0.493 e. The summed E-state index contributed by atoms with van der Waals surface area (Å²) in [5.41, 5.74) is 0.643. The third-order valence-corrected chi connectivity index (χ3v) is 5.62. The number of ether oxygens (including phenoxy) is 3. The van der Waals surface area contributed by atoms with Gasteiger partial charge in [-0.3, -0.25) is 14.5 Å². The number of hydrogen-bond donors (Lipinski definition) is 0. The van der Waals surface area contributed by atoms with E-state index >= 15 is 0 Å². The maximum absolute atomic E-state index is 12.9. The Bertz CT molecular complexity index is 1060. The molecule has 2 aromatic rings. The van der Waals surface area contributed by atoms with E-state index in [9.17, 15) is 14.0 Å². The summed E-state index contributed by atoms with van der Waals surface area (Å²) in [4.78, 5) is 26.3. The van der Waals surface area contributed by atoms with Crippen LogP contribution in [0.2, 0.25) is 0 Å². The van der Waals surface area contributed by atoms with E-state index in [4.69, 9.17) is 20.6 Å². The summed E-state index contributed by atoms with van der Waals surface area (Å²) < 4.78 is 29.8. The molecule has 9 heteroatoms. The van der Waals surface area contributed by atoms with Gasteiger partial charge in [0.05, 0.1) is 23.0 Å². The number of terminal acetylenes is 1. The molecule has 6 nitrogen and oxygen atoms in total. The van der Waals surface area contributed by atoms with E-state index in [0.29, 0.717) is 27.3 Å². The molecule has 0 atom stereocenters. The average molecular weight is 506 g/mol. The van der Waals surface area contributed by atoms with Crippen molar-refractivity contribution >= 4 is 44.9 Å². The summed E-state index contributed by atoms with van der Waals surface area (Å²) in [6, 6.07) is 8.92. The Balaban J connectivity index is 1.70. The number of carbonyl (C=O) groups is 2. The summed E-state index contributed by atoms with van der Waals surface area (Å²) in [6.45, 7) is 0.246. The Kier molecular flexibility index (Phi) is 7.60. The van der Waals surface area contributed by atoms with Crippen LogP contribution >= 0.6 is 27.7 Å². The van der Waals surface area contributed by atoms with Crippen molar-refractivity contribution in [2.75, 3.05) is 26.9 Å². The van der Waals surface area contributed by atoms with Gasteiger partial charge in [-0.15, -0.1) is 6.42 Å². The van der Waals surface area contributed by atoms with E-state index in [-0.39, 0.29) is 35.7 Å². The normalized spacial score (nSPS) is 14.6. The number of amides is 2. The predicted octanol–water partition coefficient (Wildman–Crippen LogP) is 4.72. The first-order valence-electron chi connectivity index (χ1n) is 9.00. The molecule has 0 aliphatic carbocycles. The summed E-state index contributed by atoms with van der Waals surface area (Å²) in [7, 11) is 1.49. The first-order valence-corrected chi connectivity index (χ1v) is 10.6. The third-order valence-electron chi connectivity index (χ3n) is 4.12. The Morgan fingerprint density at radius 2 is 1.97 bits per heavy atom. The van der Waals surface area contributed by atoms with Crippen molar-refractivity contribution in [1.82, 2.24) is 4.90 Å². The van der Waals surface area contributed by atoms with Crippen LogP contribution in [0.5, 0.6) is 17.2 Å². The first kappa shape index (κ1) is 22.7. The second-order valence-corrected chi connectivity index (χ2v) is 8.01. The monoisotopic (exact) mass is 505 g/mol. The maximum atomic E-state index is 12.9. The number of nitrogens with zero attached hydrogens (tertiary/aromatic N) is 1. The fourth-order valence-corrected chi connectivity index (χ4v) is 4.15. The van der Waals surface area contributed by atoms with Gasteiger partial charge in [-0.25, -0.2) is 4.39 Å². The van der Waals surface area contributed by atoms with Crippen LogP contribution in [0.3, 0.4) is 0 Å². The molecule has 1 aliphatic rings. The van der Waals surface area contributed by atoms with Crippen molar-refractivity contribution in [1.29, 1.82) is 0 Å². The van der Waals surface area contributed by atoms with E-state index in [1.165, 1.54) is 31.4 Å². The summed E-state index contributed by atoms with van der Waals surface area (Å²) >= 11 is 4.25. The lowest BCUT2D eigenvalue weighted by atomic mass is 10.2. The topological polar surface area (TPSA) is 65.1 Å². The van der Waals surface area contributed by atoms with Crippen LogP contribution in [0.25, 0.3) is 6.08 Å². The molecule has 0 spiro atoms. The molecule has 3 rings (SSSR count). The zero-order valence-corrected chi connectivity index (χ0v) is 18.8. The van der Waals surface area contributed by atoms with E-state index in [1.54, 1.807) is 18.2 Å². The number of carbonyl (C=O) groups excluding carboxylic acids is 2. The highest BCUT2D eigenvalue weighted by molar-refractivity contribution is 9.10. The van der Waals surface area contributed by atoms with Gasteiger partial charge in [0.2, 0.25) is 0 Å². The van der Waals surface area contributed by atoms with Gasteiger partial charge >= 0.3 is 0 Å². The SMILES string of the molecule is C#CCOc1c(Br)cc(/C=C2\SC(=O)N(CCOc3ccc(F)cc3)C2=O)cc1OC. The Morgan fingerprint density at radius 1 is 1.23 bits per heavy atom. The Hall–Kier alpha value is -2.96. The van der Waals surface area contributed by atoms with Gasteiger partial charge in [-0.1, -0.05) is 5.92 Å². The average Bonchev–Trinajstić information content (AvgIpc) is 3.01. The van der Waals surface area contributed by atoms with Crippen LogP contribution in [-0.4, -0.2) is 42.9 Å². The van der Waals surface area contributed by atoms with Crippen LogP contribution in [0.1, 0.15) is 5.56 Å². The number of halogens is 2. The molecule has 0 unspecified atom stereocenters. The van der Waals surface area contributed by atoms with Gasteiger partial charge in [0.1, 0.15) is 24.8 Å². The molecular formula is C22H17BrFNO5S. The van der Waals surface area contributed by atoms with Crippen molar-refractivity contribution in [2.24, 2.45) is 0 Å². The van der Waals surface area contributed by atoms with Crippen molar-refractivity contribution in [3.05, 3.63) is 57.2 Å². The highest BCUT2D eigenvalue weighted by atomic mass is 79.9. The number of methoxy groups -OCH3 is 1. The number of imide groups is 1. The van der Waals surface area contributed by atoms with E-state index in [1.807, 2.05) is 0 Å². The molecule has 0 N–H and O–H groups in total. The quantitative estimate of drug-likeness (QED) is 0.381. The summed E-state index contributed by atoms with van der Waals surface area (Å²) in [6.07, 6.45) is 6.83. The number of rotatable bonds is 8. The molecule has 0 bridgehead atoms. The Morgan fingerprint density at radius 3 is 2.65 bits per heavy atom. The van der Waals surface area contributed by atoms with Crippen LogP contribution in [-0.2, 0) is 4.79 Å². The minimum Gasteiger partial charge on any atom is -0.493 e. The Labute approximate surface area is 191 Å². The van der Waals surface area contributed by atoms with E-state index in [0.717, 1.165) is 16.7 Å². The second kappa shape index (κ2) is 10.4. The molecular weight excluding hydrogens is 489 g/mol. The highest BCUT2D eigenvalue weighted by Gasteiger charge is 2.34. The van der Waals surface area contributed by atoms with Crippen molar-refractivity contribution < 1.29 is 28.2 Å². The molecule has 1 heterocycles. The van der Waals surface area contributed by atoms with Crippen molar-refractivity contribution in [2.45, 2.75) is 0 Å². The molecule has 1 aliphatic heterocycles. The lowest BCUT2D eigenvalue weighted by molar-refractivity contribution is -0.123. The first-order chi connectivity index (χ1) is 14.9. The van der Waals surface area contributed by atoms with Gasteiger partial charge in [0.25, 0.3) is 11.1 Å². The summed E-state index contributed by atoms with van der Waals surface area (Å²) in [5.74, 6) is 2.93. The smallest absolute Gasteiger partial charge is 0.293 e. The predicted molar refractivity (Wildman–Crippen MR) is 120 cm³/mol. The van der Waals surface area contributed by atoms with E-state index in [2.05, 4.69) is 21.9 Å². The van der Waals surface area contributed by atoms with E-state index < -0.39 is 5.91 Å². The van der Waals surface area contributed by atoms with Gasteiger partial charge < -0.3 is 14.2 Å². The molecule has 0 saturated carbocycles. The third kappa shape index (κ3) is 5.60. The molecule has 0 aromatic heterocycles. The lowest BCUT2D eigenvalue weighted by Crippen LogP contribution is -2.32. The van der Waals surface area contributed by atoms with Crippen LogP contribution in [0, 0.1) is 18.2 Å². The molecule has 31 heavy (non-hydrogen) atoms. The zero-order chi connectivity index (χ0) is 22.4. The molecule has 1 saturated heterocycles. The van der Waals surface area contributed by atoms with Crippen LogP contribution in [0.4, 0.5) is 9.18 Å². The van der Waals surface area contributed by atoms with Crippen LogP contribution < -0.4 is 14.2 Å². The molecule has 2 aromatic carbocycles. The molecule has 0 radical (unpaired) electrons. The molecule has 2 amide bonds. The number of thioether (sulfide) groups is 1. The summed E-state index contributed by atoms with van der Waals surface area (Å²) in [5, 5.41) is -0.390. The highest BCUT2D eigenvalue weighted by Crippen LogP contribution is 2.39.